The molecule has 0 radical (unpaired) electrons. The van der Waals surface area contributed by atoms with Crippen LogP contribution in [0.1, 0.15) is 20.3 Å². The summed E-state index contributed by atoms with van der Waals surface area (Å²) in [6.45, 7) is 3.27. The molecule has 0 saturated heterocycles. The van der Waals surface area contributed by atoms with Crippen molar-refractivity contribution in [3.8, 4) is 0 Å². The van der Waals surface area contributed by atoms with E-state index in [0.717, 1.165) is 0 Å². The van der Waals surface area contributed by atoms with E-state index in [2.05, 4.69) is 0 Å². The Morgan fingerprint density at radius 1 is 1.44 bits per heavy atom. The Balaban J connectivity index is 2.58. The number of rotatable bonds is 1. The molecule has 5 nitrogen and oxygen atoms in total. The number of allylic oxidation sites excluding steroid dienone is 2. The Morgan fingerprint density at radius 2 is 2.06 bits per heavy atom. The number of ketones is 2. The second-order valence-corrected chi connectivity index (χ2v) is 4.53. The second-order valence-electron chi connectivity index (χ2n) is 4.53. The Morgan fingerprint density at radius 3 is 2.62 bits per heavy atom. The Kier molecular flexibility index (Phi) is 2.08. The highest BCUT2D eigenvalue weighted by Gasteiger charge is 2.57. The maximum atomic E-state index is 11.5. The predicted molar refractivity (Wildman–Crippen MR) is 55.4 cm³/mol. The molecule has 0 N–H and O–H groups in total. The van der Waals surface area contributed by atoms with E-state index in [1.54, 1.807) is 26.0 Å². The van der Waals surface area contributed by atoms with Gasteiger partial charge in [-0.25, -0.2) is 0 Å². The van der Waals surface area contributed by atoms with E-state index in [-0.39, 0.29) is 12.0 Å². The Hall–Kier alpha value is -1.78. The summed E-state index contributed by atoms with van der Waals surface area (Å²) in [7, 11) is 0. The van der Waals surface area contributed by atoms with Crippen LogP contribution in [0.25, 0.3) is 0 Å². The fraction of sp³-hybridized carbons (Fsp3) is 0.455. The molecule has 2 aliphatic carbocycles. The van der Waals surface area contributed by atoms with Gasteiger partial charge in [-0.3, -0.25) is 19.7 Å². The topological polar surface area (TPSA) is 77.3 Å². The molecule has 0 aromatic heterocycles. The van der Waals surface area contributed by atoms with Crippen LogP contribution in [0, 0.1) is 15.5 Å². The minimum absolute atomic E-state index is 0.0610. The molecule has 1 fully saturated rings. The first-order valence-electron chi connectivity index (χ1n) is 4.98. The first-order chi connectivity index (χ1) is 7.38. The zero-order chi connectivity index (χ0) is 12.1. The van der Waals surface area contributed by atoms with Crippen LogP contribution in [0.2, 0.25) is 0 Å². The number of carbonyl (C=O) groups excluding carboxylic acids is 2. The molecule has 2 unspecified atom stereocenters. The Bertz CT molecular complexity index is 474. The minimum Gasteiger partial charge on any atom is -0.290 e. The molecule has 0 spiro atoms. The van der Waals surface area contributed by atoms with Crippen LogP contribution >= 0.6 is 0 Å². The van der Waals surface area contributed by atoms with Gasteiger partial charge in [0.25, 0.3) is 0 Å². The number of Topliss-reactive ketones (excluding diaryl/α,β-unsaturated/α-hetero) is 2. The lowest BCUT2D eigenvalue weighted by Crippen LogP contribution is -2.40. The van der Waals surface area contributed by atoms with Crippen LogP contribution < -0.4 is 0 Å². The van der Waals surface area contributed by atoms with Gasteiger partial charge in [-0.05, 0) is 13.8 Å². The fourth-order valence-corrected chi connectivity index (χ4v) is 2.64. The highest BCUT2D eigenvalue weighted by Crippen LogP contribution is 2.47. The molecule has 1 saturated carbocycles. The summed E-state index contributed by atoms with van der Waals surface area (Å²) in [6.07, 6.45) is 3.04. The van der Waals surface area contributed by atoms with Crippen molar-refractivity contribution in [3.05, 3.63) is 33.4 Å². The lowest BCUT2D eigenvalue weighted by molar-refractivity contribution is -0.527. The van der Waals surface area contributed by atoms with Crippen molar-refractivity contribution in [1.29, 1.82) is 0 Å². The molecule has 0 aromatic rings. The molecule has 2 aliphatic rings. The lowest BCUT2D eigenvalue weighted by atomic mass is 9.72. The van der Waals surface area contributed by atoms with Crippen LogP contribution in [0.5, 0.6) is 0 Å². The minimum atomic E-state index is -0.970. The van der Waals surface area contributed by atoms with Gasteiger partial charge in [0, 0.05) is 22.5 Å². The van der Waals surface area contributed by atoms with E-state index in [1.807, 2.05) is 0 Å². The van der Waals surface area contributed by atoms with E-state index in [4.69, 9.17) is 0 Å². The lowest BCUT2D eigenvalue weighted by Gasteiger charge is -2.30. The van der Waals surface area contributed by atoms with Crippen LogP contribution in [-0.4, -0.2) is 22.5 Å². The molecular weight excluding hydrogens is 210 g/mol. The first kappa shape index (κ1) is 10.7. The highest BCUT2D eigenvalue weighted by molar-refractivity contribution is 6.46. The van der Waals surface area contributed by atoms with Crippen molar-refractivity contribution in [2.24, 2.45) is 5.41 Å². The summed E-state index contributed by atoms with van der Waals surface area (Å²) in [6, 6.07) is -0.970. The van der Waals surface area contributed by atoms with Gasteiger partial charge in [0.05, 0.1) is 5.41 Å². The summed E-state index contributed by atoms with van der Waals surface area (Å²) in [5, 5.41) is 11.0. The molecule has 84 valence electrons. The monoisotopic (exact) mass is 221 g/mol. The number of nitrogens with zero attached hydrogens (tertiary/aromatic N) is 1. The normalized spacial score (nSPS) is 33.2. The van der Waals surface area contributed by atoms with Gasteiger partial charge in [-0.15, -0.1) is 0 Å². The van der Waals surface area contributed by atoms with Crippen molar-refractivity contribution in [2.75, 3.05) is 0 Å². The molecule has 5 heteroatoms. The van der Waals surface area contributed by atoms with E-state index in [0.29, 0.717) is 5.57 Å². The SMILES string of the molecule is CC1=CC=C2C(=O)C(=O)CC2(C)C1[N+](=O)[O-]. The number of hydrogen-bond acceptors (Lipinski definition) is 4. The summed E-state index contributed by atoms with van der Waals surface area (Å²) < 4.78 is 0. The van der Waals surface area contributed by atoms with E-state index in [9.17, 15) is 19.7 Å². The average molecular weight is 221 g/mol. The predicted octanol–water partition coefficient (Wildman–Crippen LogP) is 1.07. The van der Waals surface area contributed by atoms with Gasteiger partial charge in [-0.2, -0.15) is 0 Å². The molecule has 0 aromatic carbocycles. The third kappa shape index (κ3) is 1.17. The van der Waals surface area contributed by atoms with Gasteiger partial charge in [0.2, 0.25) is 17.6 Å². The number of fused-ring (bicyclic) bond motifs is 1. The highest BCUT2D eigenvalue weighted by atomic mass is 16.6. The molecule has 0 bridgehead atoms. The summed E-state index contributed by atoms with van der Waals surface area (Å²) >= 11 is 0. The van der Waals surface area contributed by atoms with Crippen molar-refractivity contribution >= 4 is 11.6 Å². The second kappa shape index (κ2) is 3.10. The van der Waals surface area contributed by atoms with Crippen LogP contribution in [0.3, 0.4) is 0 Å². The molecule has 2 atom stereocenters. The van der Waals surface area contributed by atoms with Crippen molar-refractivity contribution in [1.82, 2.24) is 0 Å². The Labute approximate surface area is 92.0 Å². The quantitative estimate of drug-likeness (QED) is 0.377. The molecule has 16 heavy (non-hydrogen) atoms. The van der Waals surface area contributed by atoms with Crippen molar-refractivity contribution in [3.63, 3.8) is 0 Å². The van der Waals surface area contributed by atoms with Crippen LogP contribution in [-0.2, 0) is 9.59 Å². The van der Waals surface area contributed by atoms with Crippen LogP contribution in [0.4, 0.5) is 0 Å². The first-order valence-corrected chi connectivity index (χ1v) is 4.98. The molecule has 2 rings (SSSR count). The van der Waals surface area contributed by atoms with Crippen LogP contribution in [0.15, 0.2) is 23.3 Å². The number of carbonyl (C=O) groups is 2. The largest absolute Gasteiger partial charge is 0.290 e. The smallest absolute Gasteiger partial charge is 0.244 e. The summed E-state index contributed by atoms with van der Waals surface area (Å²) in [5.41, 5.74) is -0.0974. The van der Waals surface area contributed by atoms with Crippen molar-refractivity contribution in [2.45, 2.75) is 26.3 Å². The fourth-order valence-electron chi connectivity index (χ4n) is 2.64. The summed E-state index contributed by atoms with van der Waals surface area (Å²) in [4.78, 5) is 33.6. The van der Waals surface area contributed by atoms with Crippen molar-refractivity contribution < 1.29 is 14.5 Å². The molecule has 0 heterocycles. The molecule has 0 aliphatic heterocycles. The third-order valence-electron chi connectivity index (χ3n) is 3.40. The summed E-state index contributed by atoms with van der Waals surface area (Å²) in [5.74, 6) is -1.10. The average Bonchev–Trinajstić information content (AvgIpc) is 2.36. The number of hydrogen-bond donors (Lipinski definition) is 0. The van der Waals surface area contributed by atoms with Gasteiger partial charge in [0.15, 0.2) is 0 Å². The van der Waals surface area contributed by atoms with E-state index < -0.39 is 27.9 Å². The zero-order valence-electron chi connectivity index (χ0n) is 9.02. The molecule has 0 amide bonds. The van der Waals surface area contributed by atoms with E-state index in [1.165, 1.54) is 0 Å². The van der Waals surface area contributed by atoms with Gasteiger partial charge in [0.1, 0.15) is 0 Å². The van der Waals surface area contributed by atoms with Gasteiger partial charge < -0.3 is 0 Å². The maximum absolute atomic E-state index is 11.5. The zero-order valence-corrected chi connectivity index (χ0v) is 9.02. The maximum Gasteiger partial charge on any atom is 0.244 e. The van der Waals surface area contributed by atoms with Gasteiger partial charge in [-0.1, -0.05) is 12.2 Å². The third-order valence-corrected chi connectivity index (χ3v) is 3.40. The van der Waals surface area contributed by atoms with E-state index >= 15 is 0 Å². The molecular formula is C11H11NO4. The number of nitro groups is 1. The standard InChI is InChI=1S/C11H11NO4/c1-6-3-4-7-9(14)8(13)5-11(7,2)10(6)12(15)16/h3-4,10H,5H2,1-2H3. The van der Waals surface area contributed by atoms with Gasteiger partial charge >= 0.3 is 0 Å².